The molecule has 0 spiro atoms. The fourth-order valence-electron chi connectivity index (χ4n) is 0.490. The Morgan fingerprint density at radius 2 is 2.00 bits per heavy atom. The molecule has 1 unspecified atom stereocenters. The molecule has 0 aliphatic carbocycles. The number of hydrogen-bond donors (Lipinski definition) is 1. The Morgan fingerprint density at radius 3 is 2.12 bits per heavy atom. The first-order valence-electron chi connectivity index (χ1n) is 2.72. The minimum atomic E-state index is -0.380. The van der Waals surface area contributed by atoms with Gasteiger partial charge < -0.3 is 10.5 Å². The molecule has 0 aromatic carbocycles. The molecule has 1 atom stereocenters. The van der Waals surface area contributed by atoms with Crippen molar-refractivity contribution in [2.24, 2.45) is 11.7 Å². The molecule has 0 amide bonds. The zero-order chi connectivity index (χ0) is 6.57. The first-order chi connectivity index (χ1) is 3.66. The van der Waals surface area contributed by atoms with Gasteiger partial charge >= 0.3 is 0 Å². The van der Waals surface area contributed by atoms with Gasteiger partial charge in [-0.05, 0) is 12.3 Å². The smallest absolute Gasteiger partial charge is 0.136 e. The molecule has 1 radical (unpaired) electrons. The average molecular weight is 114 g/mol. The fourth-order valence-corrected chi connectivity index (χ4v) is 0.490. The lowest BCUT2D eigenvalue weighted by Crippen LogP contribution is -2.23. The molecule has 0 aromatic rings. The molecule has 0 bridgehead atoms. The summed E-state index contributed by atoms with van der Waals surface area (Å²) in [5, 5.41) is 0. The van der Waals surface area contributed by atoms with Gasteiger partial charge in [-0.2, -0.15) is 0 Å². The molecule has 0 aliphatic heterocycles. The van der Waals surface area contributed by atoms with Crippen LogP contribution in [-0.4, -0.2) is 12.3 Å². The second kappa shape index (κ2) is 3.61. The van der Waals surface area contributed by atoms with Crippen LogP contribution in [0.15, 0.2) is 0 Å². The molecule has 2 N–H and O–H groups in total. The molecule has 0 saturated carbocycles. The van der Waals surface area contributed by atoms with Gasteiger partial charge in [0, 0.05) is 0 Å². The summed E-state index contributed by atoms with van der Waals surface area (Å²) in [6, 6.07) is -0.380. The highest BCUT2D eigenvalue weighted by molar-refractivity contribution is 5.59. The van der Waals surface area contributed by atoms with Crippen molar-refractivity contribution < 1.29 is 4.79 Å². The Morgan fingerprint density at radius 1 is 1.50 bits per heavy atom. The van der Waals surface area contributed by atoms with Crippen LogP contribution in [0.3, 0.4) is 0 Å². The number of aldehydes is 1. The van der Waals surface area contributed by atoms with E-state index in [1.54, 1.807) is 6.42 Å². The van der Waals surface area contributed by atoms with Crippen molar-refractivity contribution in [3.05, 3.63) is 6.42 Å². The maximum absolute atomic E-state index is 9.88. The lowest BCUT2D eigenvalue weighted by atomic mass is 10.1. The highest BCUT2D eigenvalue weighted by atomic mass is 16.1. The van der Waals surface area contributed by atoms with E-state index in [-0.39, 0.29) is 6.04 Å². The van der Waals surface area contributed by atoms with Gasteiger partial charge in [0.2, 0.25) is 0 Å². The topological polar surface area (TPSA) is 43.1 Å². The van der Waals surface area contributed by atoms with Crippen molar-refractivity contribution in [1.29, 1.82) is 0 Å². The van der Waals surface area contributed by atoms with Gasteiger partial charge in [0.05, 0.1) is 6.04 Å². The Kier molecular flexibility index (Phi) is 3.44. The normalized spacial score (nSPS) is 14.0. The average Bonchev–Trinajstić information content (AvgIpc) is 1.65. The summed E-state index contributed by atoms with van der Waals surface area (Å²) in [7, 11) is 0. The minimum absolute atomic E-state index is 0.380. The van der Waals surface area contributed by atoms with E-state index >= 15 is 0 Å². The molecule has 0 aromatic heterocycles. The van der Waals surface area contributed by atoms with Crippen LogP contribution in [-0.2, 0) is 4.79 Å². The summed E-state index contributed by atoms with van der Waals surface area (Å²) < 4.78 is 0. The van der Waals surface area contributed by atoms with Gasteiger partial charge in [-0.1, -0.05) is 13.8 Å². The van der Waals surface area contributed by atoms with Gasteiger partial charge in [-0.15, -0.1) is 0 Å². The van der Waals surface area contributed by atoms with E-state index in [0.717, 1.165) is 6.29 Å². The first kappa shape index (κ1) is 7.63. The Balaban J connectivity index is 3.23. The summed E-state index contributed by atoms with van der Waals surface area (Å²) in [6.45, 7) is 3.98. The minimum Gasteiger partial charge on any atom is -0.322 e. The van der Waals surface area contributed by atoms with E-state index in [9.17, 15) is 4.79 Å². The molecule has 0 saturated heterocycles. The molecule has 2 heteroatoms. The predicted octanol–water partition coefficient (Wildman–Crippen LogP) is 0.373. The van der Waals surface area contributed by atoms with E-state index in [1.165, 1.54) is 0 Å². The third-order valence-corrected chi connectivity index (χ3v) is 0.764. The molecule has 0 aliphatic rings. The van der Waals surface area contributed by atoms with Crippen LogP contribution in [0, 0.1) is 12.3 Å². The fraction of sp³-hybridized carbons (Fsp3) is 0.667. The highest BCUT2D eigenvalue weighted by Gasteiger charge is 2.01. The van der Waals surface area contributed by atoms with Crippen molar-refractivity contribution in [3.8, 4) is 0 Å². The summed E-state index contributed by atoms with van der Waals surface area (Å²) >= 11 is 0. The summed E-state index contributed by atoms with van der Waals surface area (Å²) in [6.07, 6.45) is 2.53. The van der Waals surface area contributed by atoms with Gasteiger partial charge in [-0.3, -0.25) is 0 Å². The van der Waals surface area contributed by atoms with Crippen molar-refractivity contribution in [2.75, 3.05) is 0 Å². The molecular formula is C6H12NO. The van der Waals surface area contributed by atoms with Crippen LogP contribution in [0.5, 0.6) is 0 Å². The number of nitrogens with two attached hydrogens (primary N) is 1. The number of rotatable bonds is 3. The van der Waals surface area contributed by atoms with Crippen molar-refractivity contribution in [3.63, 3.8) is 0 Å². The zero-order valence-corrected chi connectivity index (χ0v) is 5.29. The molecule has 47 valence electrons. The van der Waals surface area contributed by atoms with Crippen LogP contribution >= 0.6 is 0 Å². The number of carbonyl (C=O) groups is 1. The second-order valence-electron chi connectivity index (χ2n) is 2.15. The van der Waals surface area contributed by atoms with E-state index in [2.05, 4.69) is 0 Å². The second-order valence-corrected chi connectivity index (χ2v) is 2.15. The number of carbonyl (C=O) groups excluding carboxylic acids is 1. The zero-order valence-electron chi connectivity index (χ0n) is 5.29. The predicted molar refractivity (Wildman–Crippen MR) is 33.2 cm³/mol. The van der Waals surface area contributed by atoms with Crippen LogP contribution < -0.4 is 5.73 Å². The van der Waals surface area contributed by atoms with E-state index in [1.807, 2.05) is 13.8 Å². The van der Waals surface area contributed by atoms with Gasteiger partial charge in [0.1, 0.15) is 6.29 Å². The molecular weight excluding hydrogens is 102 g/mol. The SMILES string of the molecule is CC(C)[CH]C(N)C=O. The largest absolute Gasteiger partial charge is 0.322 e. The third kappa shape index (κ3) is 3.81. The van der Waals surface area contributed by atoms with Crippen molar-refractivity contribution in [2.45, 2.75) is 19.9 Å². The Bertz CT molecular complexity index is 70.9. The Labute approximate surface area is 50.1 Å². The highest BCUT2D eigenvalue weighted by Crippen LogP contribution is 1.97. The quantitative estimate of drug-likeness (QED) is 0.539. The summed E-state index contributed by atoms with van der Waals surface area (Å²) in [5.74, 6) is 0.398. The van der Waals surface area contributed by atoms with E-state index in [0.29, 0.717) is 5.92 Å². The van der Waals surface area contributed by atoms with Crippen LogP contribution in [0.2, 0.25) is 0 Å². The van der Waals surface area contributed by atoms with E-state index < -0.39 is 0 Å². The van der Waals surface area contributed by atoms with Crippen molar-refractivity contribution in [1.82, 2.24) is 0 Å². The van der Waals surface area contributed by atoms with Gasteiger partial charge in [0.25, 0.3) is 0 Å². The maximum atomic E-state index is 9.88. The van der Waals surface area contributed by atoms with E-state index in [4.69, 9.17) is 5.73 Å². The lowest BCUT2D eigenvalue weighted by Gasteiger charge is -2.04. The van der Waals surface area contributed by atoms with Crippen molar-refractivity contribution >= 4 is 6.29 Å². The van der Waals surface area contributed by atoms with Gasteiger partial charge in [-0.25, -0.2) is 0 Å². The lowest BCUT2D eigenvalue weighted by molar-refractivity contribution is -0.108. The third-order valence-electron chi connectivity index (χ3n) is 0.764. The summed E-state index contributed by atoms with van der Waals surface area (Å²) in [4.78, 5) is 9.88. The maximum Gasteiger partial charge on any atom is 0.136 e. The summed E-state index contributed by atoms with van der Waals surface area (Å²) in [5.41, 5.74) is 5.25. The monoisotopic (exact) mass is 114 g/mol. The molecule has 8 heavy (non-hydrogen) atoms. The first-order valence-corrected chi connectivity index (χ1v) is 2.72. The molecule has 0 fully saturated rings. The Hall–Kier alpha value is -0.370. The standard InChI is InChI=1S/C6H12NO/c1-5(2)3-6(7)4-8/h3-6H,7H2,1-2H3. The molecule has 2 nitrogen and oxygen atoms in total. The molecule has 0 rings (SSSR count). The number of hydrogen-bond acceptors (Lipinski definition) is 2. The van der Waals surface area contributed by atoms with Crippen LogP contribution in [0.25, 0.3) is 0 Å². The van der Waals surface area contributed by atoms with Gasteiger partial charge in [0.15, 0.2) is 0 Å². The van der Waals surface area contributed by atoms with Crippen LogP contribution in [0.4, 0.5) is 0 Å². The molecule has 0 heterocycles. The van der Waals surface area contributed by atoms with Crippen LogP contribution in [0.1, 0.15) is 13.8 Å².